The summed E-state index contributed by atoms with van der Waals surface area (Å²) < 4.78 is 4.54. The molecule has 0 amide bonds. The van der Waals surface area contributed by atoms with E-state index in [4.69, 9.17) is 0 Å². The fraction of sp³-hybridized carbons (Fsp3) is 0.200. The molecular formula is C30H32Sn. The Morgan fingerprint density at radius 1 is 0.710 bits per heavy atom. The molecule has 0 saturated carbocycles. The summed E-state index contributed by atoms with van der Waals surface area (Å²) in [6, 6.07) is 34.1. The van der Waals surface area contributed by atoms with Gasteiger partial charge in [-0.3, -0.25) is 0 Å². The first-order valence-electron chi connectivity index (χ1n) is 11.2. The summed E-state index contributed by atoms with van der Waals surface area (Å²) in [7, 11) is 0. The standard InChI is InChI=1S/C12H17.3C6H5.Sn/c1-4-5-10-12(2,3)11-8-6-7-9-11;3*1-2-4-6-5-3-1;/h4,6-9H,1,5,10H2,2-3H3;3*1-5H;. The van der Waals surface area contributed by atoms with Gasteiger partial charge in [-0.05, 0) is 0 Å². The Hall–Kier alpha value is -2.32. The summed E-state index contributed by atoms with van der Waals surface area (Å²) in [5.41, 5.74) is 0.0717. The fourth-order valence-corrected chi connectivity index (χ4v) is 23.7. The van der Waals surface area contributed by atoms with Gasteiger partial charge in [0.25, 0.3) is 0 Å². The summed E-state index contributed by atoms with van der Waals surface area (Å²) in [6.07, 6.45) is 13.9. The van der Waals surface area contributed by atoms with Crippen LogP contribution in [0.5, 0.6) is 0 Å². The third kappa shape index (κ3) is 3.55. The molecule has 1 aliphatic rings. The molecule has 0 aromatic heterocycles. The Balaban J connectivity index is 2.15. The molecule has 0 unspecified atom stereocenters. The van der Waals surface area contributed by atoms with Gasteiger partial charge in [-0.25, -0.2) is 0 Å². The van der Waals surface area contributed by atoms with E-state index in [0.717, 1.165) is 12.8 Å². The van der Waals surface area contributed by atoms with Crippen molar-refractivity contribution >= 4 is 29.1 Å². The number of benzene rings is 3. The summed E-state index contributed by atoms with van der Waals surface area (Å²) in [6.45, 7) is 8.97. The van der Waals surface area contributed by atoms with Crippen LogP contribution in [0.25, 0.3) is 0 Å². The molecule has 4 rings (SSSR count). The Labute approximate surface area is 191 Å². The molecule has 0 N–H and O–H groups in total. The van der Waals surface area contributed by atoms with Gasteiger partial charge in [0.15, 0.2) is 0 Å². The van der Waals surface area contributed by atoms with Crippen molar-refractivity contribution in [2.45, 2.75) is 30.1 Å². The molecule has 0 aliphatic heterocycles. The van der Waals surface area contributed by atoms with Crippen LogP contribution in [-0.4, -0.2) is 18.4 Å². The molecule has 3 aromatic carbocycles. The SMILES string of the molecule is C=CCCC(C)(C)[C]1([Sn]([c]2ccccc2)([c]2ccccc2)[c]2ccccc2)C=CC=C1. The van der Waals surface area contributed by atoms with E-state index in [1.54, 1.807) is 0 Å². The van der Waals surface area contributed by atoms with Crippen LogP contribution in [0.4, 0.5) is 0 Å². The van der Waals surface area contributed by atoms with Gasteiger partial charge >= 0.3 is 193 Å². The van der Waals surface area contributed by atoms with Crippen molar-refractivity contribution in [3.8, 4) is 0 Å². The van der Waals surface area contributed by atoms with Crippen molar-refractivity contribution < 1.29 is 0 Å². The van der Waals surface area contributed by atoms with Gasteiger partial charge in [0.2, 0.25) is 0 Å². The number of allylic oxidation sites excluding steroid dienone is 5. The van der Waals surface area contributed by atoms with Gasteiger partial charge in [-0.1, -0.05) is 0 Å². The molecule has 0 bridgehead atoms. The molecular weight excluding hydrogens is 479 g/mol. The zero-order chi connectivity index (χ0) is 21.8. The molecule has 0 spiro atoms. The number of hydrogen-bond donors (Lipinski definition) is 0. The van der Waals surface area contributed by atoms with E-state index in [2.05, 4.69) is 142 Å². The predicted octanol–water partition coefficient (Wildman–Crippen LogP) is 6.02. The van der Waals surface area contributed by atoms with Gasteiger partial charge in [-0.15, -0.1) is 0 Å². The van der Waals surface area contributed by atoms with Crippen molar-refractivity contribution in [2.75, 3.05) is 0 Å². The molecule has 0 saturated heterocycles. The molecule has 3 aromatic rings. The van der Waals surface area contributed by atoms with Crippen molar-refractivity contribution in [3.05, 3.63) is 128 Å². The molecule has 0 fully saturated rings. The van der Waals surface area contributed by atoms with E-state index in [1.165, 1.54) is 10.7 Å². The summed E-state index contributed by atoms with van der Waals surface area (Å²) >= 11 is -3.64. The fourth-order valence-electron chi connectivity index (χ4n) is 5.63. The van der Waals surface area contributed by atoms with Crippen LogP contribution in [0, 0.1) is 5.41 Å². The molecule has 0 nitrogen and oxygen atoms in total. The minimum absolute atomic E-state index is 0.0330. The van der Waals surface area contributed by atoms with Crippen molar-refractivity contribution in [3.63, 3.8) is 0 Å². The molecule has 0 atom stereocenters. The van der Waals surface area contributed by atoms with Crippen LogP contribution in [-0.2, 0) is 0 Å². The van der Waals surface area contributed by atoms with E-state index in [0.29, 0.717) is 0 Å². The Morgan fingerprint density at radius 2 is 1.10 bits per heavy atom. The average molecular weight is 511 g/mol. The first-order chi connectivity index (χ1) is 15.1. The first-order valence-corrected chi connectivity index (χ1v) is 16.9. The second-order valence-electron chi connectivity index (χ2n) is 9.15. The predicted molar refractivity (Wildman–Crippen MR) is 138 cm³/mol. The number of hydrogen-bond acceptors (Lipinski definition) is 0. The second-order valence-corrected chi connectivity index (χ2v) is 20.7. The third-order valence-electron chi connectivity index (χ3n) is 7.16. The van der Waals surface area contributed by atoms with Crippen molar-refractivity contribution in [2.24, 2.45) is 5.41 Å². The molecule has 0 radical (unpaired) electrons. The molecule has 1 aliphatic carbocycles. The van der Waals surface area contributed by atoms with E-state index in [1.807, 2.05) is 0 Å². The third-order valence-corrected chi connectivity index (χ3v) is 23.9. The van der Waals surface area contributed by atoms with E-state index in [9.17, 15) is 0 Å². The Kier molecular flexibility index (Phi) is 6.39. The minimum atomic E-state index is -3.64. The van der Waals surface area contributed by atoms with Crippen LogP contribution in [0.1, 0.15) is 26.7 Å². The number of rotatable bonds is 8. The Morgan fingerprint density at radius 3 is 1.45 bits per heavy atom. The van der Waals surface area contributed by atoms with E-state index in [-0.39, 0.29) is 8.85 Å². The van der Waals surface area contributed by atoms with E-state index < -0.39 is 18.4 Å². The van der Waals surface area contributed by atoms with Gasteiger partial charge in [0.05, 0.1) is 0 Å². The van der Waals surface area contributed by atoms with Gasteiger partial charge < -0.3 is 0 Å². The zero-order valence-electron chi connectivity index (χ0n) is 18.7. The Bertz CT molecular complexity index is 951. The van der Waals surface area contributed by atoms with Crippen LogP contribution < -0.4 is 10.7 Å². The second kappa shape index (κ2) is 9.04. The quantitative estimate of drug-likeness (QED) is 0.257. The van der Waals surface area contributed by atoms with Gasteiger partial charge in [-0.2, -0.15) is 0 Å². The van der Waals surface area contributed by atoms with Crippen molar-refractivity contribution in [1.82, 2.24) is 0 Å². The molecule has 1 heteroatoms. The average Bonchev–Trinajstić information content (AvgIpc) is 3.33. The maximum absolute atomic E-state index is 4.03. The van der Waals surface area contributed by atoms with Crippen molar-refractivity contribution in [1.29, 1.82) is 0 Å². The molecule has 156 valence electrons. The summed E-state index contributed by atoms with van der Waals surface area (Å²) in [4.78, 5) is 0. The first kappa shape index (κ1) is 21.9. The molecule has 31 heavy (non-hydrogen) atoms. The van der Waals surface area contributed by atoms with Gasteiger partial charge in [0, 0.05) is 0 Å². The van der Waals surface area contributed by atoms with E-state index >= 15 is 0 Å². The normalized spacial score (nSPS) is 15.2. The monoisotopic (exact) mass is 512 g/mol. The summed E-state index contributed by atoms with van der Waals surface area (Å²) in [5.74, 6) is 0. The maximum atomic E-state index is 4.03. The summed E-state index contributed by atoms with van der Waals surface area (Å²) in [5, 5.41) is 0. The van der Waals surface area contributed by atoms with Crippen LogP contribution in [0.15, 0.2) is 128 Å². The molecule has 0 heterocycles. The van der Waals surface area contributed by atoms with Crippen LogP contribution >= 0.6 is 0 Å². The van der Waals surface area contributed by atoms with Crippen LogP contribution in [0.3, 0.4) is 0 Å². The topological polar surface area (TPSA) is 0 Å². The van der Waals surface area contributed by atoms with Gasteiger partial charge in [0.1, 0.15) is 0 Å². The zero-order valence-corrected chi connectivity index (χ0v) is 21.5. The van der Waals surface area contributed by atoms with Crippen LogP contribution in [0.2, 0.25) is 3.43 Å².